The summed E-state index contributed by atoms with van der Waals surface area (Å²) in [5.41, 5.74) is 10.6. The van der Waals surface area contributed by atoms with Gasteiger partial charge in [0.25, 0.3) is 0 Å². The van der Waals surface area contributed by atoms with Gasteiger partial charge in [0.2, 0.25) is 0 Å². The van der Waals surface area contributed by atoms with E-state index >= 15 is 0 Å². The van der Waals surface area contributed by atoms with E-state index in [4.69, 9.17) is 5.73 Å². The van der Waals surface area contributed by atoms with Crippen molar-refractivity contribution in [3.63, 3.8) is 0 Å². The zero-order valence-corrected chi connectivity index (χ0v) is 14.0. The van der Waals surface area contributed by atoms with Crippen LogP contribution in [0.2, 0.25) is 0 Å². The molecule has 0 aromatic heterocycles. The first-order valence-electron chi connectivity index (χ1n) is 8.04. The fraction of sp³-hybridized carbons (Fsp3) is 0.667. The molecular weight excluding hydrogens is 244 g/mol. The Kier molecular flexibility index (Phi) is 6.70. The van der Waals surface area contributed by atoms with Gasteiger partial charge in [-0.15, -0.1) is 0 Å². The van der Waals surface area contributed by atoms with Crippen LogP contribution in [0.4, 0.5) is 0 Å². The molecule has 0 saturated carbocycles. The van der Waals surface area contributed by atoms with Gasteiger partial charge in [-0.05, 0) is 56.3 Å². The summed E-state index contributed by atoms with van der Waals surface area (Å²) in [4.78, 5) is 2.61. The summed E-state index contributed by atoms with van der Waals surface area (Å²) in [5, 5.41) is 0. The van der Waals surface area contributed by atoms with Crippen molar-refractivity contribution in [2.75, 3.05) is 13.1 Å². The summed E-state index contributed by atoms with van der Waals surface area (Å²) in [6.07, 6.45) is 3.41. The average molecular weight is 276 g/mol. The quantitative estimate of drug-likeness (QED) is 0.776. The van der Waals surface area contributed by atoms with Gasteiger partial charge in [0.05, 0.1) is 0 Å². The van der Waals surface area contributed by atoms with E-state index in [1.807, 2.05) is 0 Å². The van der Waals surface area contributed by atoms with Crippen LogP contribution in [-0.4, -0.2) is 23.5 Å². The standard InChI is InChI=1S/C18H32N2/c1-6-12-20(18(7-2,8-3)14-19)13-17-15(4)10-9-11-16(17)5/h9-11H,6-8,12-14,19H2,1-5H3. The molecule has 0 bridgehead atoms. The van der Waals surface area contributed by atoms with E-state index in [1.54, 1.807) is 0 Å². The molecule has 0 atom stereocenters. The van der Waals surface area contributed by atoms with Crippen LogP contribution in [0.15, 0.2) is 18.2 Å². The molecule has 2 heteroatoms. The van der Waals surface area contributed by atoms with E-state index in [0.717, 1.165) is 32.5 Å². The third-order valence-electron chi connectivity index (χ3n) is 4.85. The SMILES string of the molecule is CCCN(Cc1c(C)cccc1C)C(CC)(CC)CN. The predicted molar refractivity (Wildman–Crippen MR) is 89.0 cm³/mol. The Bertz CT molecular complexity index is 379. The van der Waals surface area contributed by atoms with Gasteiger partial charge >= 0.3 is 0 Å². The maximum absolute atomic E-state index is 6.15. The molecule has 0 spiro atoms. The van der Waals surface area contributed by atoms with E-state index in [9.17, 15) is 0 Å². The molecule has 1 rings (SSSR count). The minimum atomic E-state index is 0.144. The molecule has 0 aliphatic heterocycles. The van der Waals surface area contributed by atoms with Gasteiger partial charge in [-0.25, -0.2) is 0 Å². The van der Waals surface area contributed by atoms with E-state index in [2.05, 4.69) is 57.7 Å². The average Bonchev–Trinajstić information content (AvgIpc) is 2.45. The molecule has 0 amide bonds. The van der Waals surface area contributed by atoms with E-state index < -0.39 is 0 Å². The lowest BCUT2D eigenvalue weighted by Crippen LogP contribution is -2.53. The highest BCUT2D eigenvalue weighted by Crippen LogP contribution is 2.27. The fourth-order valence-corrected chi connectivity index (χ4v) is 3.16. The second-order valence-corrected chi connectivity index (χ2v) is 5.93. The molecule has 0 aliphatic carbocycles. The van der Waals surface area contributed by atoms with Crippen molar-refractivity contribution in [1.82, 2.24) is 4.90 Å². The molecular formula is C18H32N2. The van der Waals surface area contributed by atoms with Gasteiger partial charge in [-0.3, -0.25) is 4.90 Å². The Morgan fingerprint density at radius 2 is 1.60 bits per heavy atom. The number of nitrogens with zero attached hydrogens (tertiary/aromatic N) is 1. The highest BCUT2D eigenvalue weighted by Gasteiger charge is 2.31. The Morgan fingerprint density at radius 1 is 1.05 bits per heavy atom. The molecule has 1 aromatic carbocycles. The second kappa shape index (κ2) is 7.80. The normalized spacial score (nSPS) is 12.2. The zero-order chi connectivity index (χ0) is 15.2. The number of benzene rings is 1. The van der Waals surface area contributed by atoms with Gasteiger partial charge < -0.3 is 5.73 Å². The van der Waals surface area contributed by atoms with Crippen LogP contribution in [-0.2, 0) is 6.54 Å². The van der Waals surface area contributed by atoms with Gasteiger partial charge in [-0.2, -0.15) is 0 Å². The fourth-order valence-electron chi connectivity index (χ4n) is 3.16. The molecule has 0 saturated heterocycles. The van der Waals surface area contributed by atoms with E-state index in [0.29, 0.717) is 0 Å². The number of aryl methyl sites for hydroxylation is 2. The lowest BCUT2D eigenvalue weighted by molar-refractivity contribution is 0.0762. The molecule has 0 radical (unpaired) electrons. The second-order valence-electron chi connectivity index (χ2n) is 5.93. The number of hydrogen-bond donors (Lipinski definition) is 1. The number of hydrogen-bond acceptors (Lipinski definition) is 2. The lowest BCUT2D eigenvalue weighted by atomic mass is 9.89. The molecule has 2 nitrogen and oxygen atoms in total. The smallest absolute Gasteiger partial charge is 0.0330 e. The van der Waals surface area contributed by atoms with Crippen molar-refractivity contribution >= 4 is 0 Å². The van der Waals surface area contributed by atoms with Crippen LogP contribution in [0.1, 0.15) is 56.7 Å². The van der Waals surface area contributed by atoms with Crippen molar-refractivity contribution in [3.05, 3.63) is 34.9 Å². The first kappa shape index (κ1) is 17.2. The van der Waals surface area contributed by atoms with Crippen LogP contribution in [0.3, 0.4) is 0 Å². The number of rotatable bonds is 8. The van der Waals surface area contributed by atoms with Crippen molar-refractivity contribution < 1.29 is 0 Å². The highest BCUT2D eigenvalue weighted by atomic mass is 15.2. The first-order valence-corrected chi connectivity index (χ1v) is 8.04. The Morgan fingerprint density at radius 3 is 2.00 bits per heavy atom. The summed E-state index contributed by atoms with van der Waals surface area (Å²) in [6, 6.07) is 6.58. The third kappa shape index (κ3) is 3.62. The Hall–Kier alpha value is -0.860. The van der Waals surface area contributed by atoms with Crippen LogP contribution in [0, 0.1) is 13.8 Å². The Balaban J connectivity index is 3.09. The van der Waals surface area contributed by atoms with E-state index in [-0.39, 0.29) is 5.54 Å². The number of nitrogens with two attached hydrogens (primary N) is 1. The Labute approximate surface area is 125 Å². The topological polar surface area (TPSA) is 29.3 Å². The highest BCUT2D eigenvalue weighted by molar-refractivity contribution is 5.33. The molecule has 1 aromatic rings. The summed E-state index contributed by atoms with van der Waals surface area (Å²) in [7, 11) is 0. The molecule has 0 fully saturated rings. The summed E-state index contributed by atoms with van der Waals surface area (Å²) >= 11 is 0. The van der Waals surface area contributed by atoms with Crippen molar-refractivity contribution in [2.45, 2.75) is 66.0 Å². The lowest BCUT2D eigenvalue weighted by Gasteiger charge is -2.43. The molecule has 0 aliphatic rings. The summed E-state index contributed by atoms with van der Waals surface area (Å²) in [6.45, 7) is 14.1. The van der Waals surface area contributed by atoms with Crippen LogP contribution in [0.5, 0.6) is 0 Å². The van der Waals surface area contributed by atoms with Gasteiger partial charge in [0, 0.05) is 18.6 Å². The minimum absolute atomic E-state index is 0.144. The summed E-state index contributed by atoms with van der Waals surface area (Å²) < 4.78 is 0. The van der Waals surface area contributed by atoms with Crippen molar-refractivity contribution in [1.29, 1.82) is 0 Å². The van der Waals surface area contributed by atoms with Crippen LogP contribution < -0.4 is 5.73 Å². The molecule has 0 heterocycles. The van der Waals surface area contributed by atoms with Crippen LogP contribution >= 0.6 is 0 Å². The maximum Gasteiger partial charge on any atom is 0.0330 e. The largest absolute Gasteiger partial charge is 0.329 e. The van der Waals surface area contributed by atoms with Gasteiger partial charge in [0.1, 0.15) is 0 Å². The van der Waals surface area contributed by atoms with E-state index in [1.165, 1.54) is 23.1 Å². The predicted octanol–water partition coefficient (Wildman–Crippen LogP) is 4.03. The third-order valence-corrected chi connectivity index (χ3v) is 4.85. The minimum Gasteiger partial charge on any atom is -0.329 e. The molecule has 114 valence electrons. The molecule has 2 N–H and O–H groups in total. The van der Waals surface area contributed by atoms with Crippen molar-refractivity contribution in [3.8, 4) is 0 Å². The molecule has 0 unspecified atom stereocenters. The van der Waals surface area contributed by atoms with Gasteiger partial charge in [-0.1, -0.05) is 39.0 Å². The maximum atomic E-state index is 6.15. The molecule has 20 heavy (non-hydrogen) atoms. The first-order chi connectivity index (χ1) is 9.54. The monoisotopic (exact) mass is 276 g/mol. The van der Waals surface area contributed by atoms with Gasteiger partial charge in [0.15, 0.2) is 0 Å². The zero-order valence-electron chi connectivity index (χ0n) is 14.0. The van der Waals surface area contributed by atoms with Crippen LogP contribution in [0.25, 0.3) is 0 Å². The summed E-state index contributed by atoms with van der Waals surface area (Å²) in [5.74, 6) is 0. The van der Waals surface area contributed by atoms with Crippen molar-refractivity contribution in [2.24, 2.45) is 5.73 Å².